The number of amidine groups is 1. The van der Waals surface area contributed by atoms with Crippen LogP contribution in [0.15, 0.2) is 5.16 Å². The lowest BCUT2D eigenvalue weighted by Crippen LogP contribution is -2.28. The quantitative estimate of drug-likeness (QED) is 0.240. The molecular formula is C7H13ClN2O3. The number of halogens is 1. The van der Waals surface area contributed by atoms with Gasteiger partial charge in [-0.25, -0.2) is 4.79 Å². The average Bonchev–Trinajstić information content (AvgIpc) is 2.11. The summed E-state index contributed by atoms with van der Waals surface area (Å²) in [5, 5.41) is 2.61. The first-order chi connectivity index (χ1) is 5.99. The summed E-state index contributed by atoms with van der Waals surface area (Å²) in [7, 11) is 1.47. The van der Waals surface area contributed by atoms with E-state index in [1.165, 1.54) is 14.0 Å². The standard InChI is InChI=1S/C7H13ClN2O3/c1-4(8)7(11)13-10-6(9)5(2)12-3/h4-5H,1-3H3,(H2,9,10). The Labute approximate surface area is 81.8 Å². The van der Waals surface area contributed by atoms with Crippen molar-refractivity contribution in [1.29, 1.82) is 0 Å². The highest BCUT2D eigenvalue weighted by Crippen LogP contribution is 1.97. The van der Waals surface area contributed by atoms with Gasteiger partial charge in [0.15, 0.2) is 5.84 Å². The van der Waals surface area contributed by atoms with Crippen molar-refractivity contribution in [3.05, 3.63) is 0 Å². The highest BCUT2D eigenvalue weighted by atomic mass is 35.5. The van der Waals surface area contributed by atoms with Gasteiger partial charge in [-0.05, 0) is 13.8 Å². The molecule has 0 radical (unpaired) electrons. The van der Waals surface area contributed by atoms with Crippen LogP contribution < -0.4 is 5.73 Å². The lowest BCUT2D eigenvalue weighted by Gasteiger charge is -2.07. The van der Waals surface area contributed by atoms with Crippen molar-refractivity contribution in [2.75, 3.05) is 7.11 Å². The number of hydrogen-bond donors (Lipinski definition) is 1. The highest BCUT2D eigenvalue weighted by Gasteiger charge is 2.12. The Hall–Kier alpha value is -0.810. The minimum atomic E-state index is -0.741. The number of nitrogens with two attached hydrogens (primary N) is 1. The monoisotopic (exact) mass is 208 g/mol. The third-order valence-electron chi connectivity index (χ3n) is 1.34. The molecule has 2 unspecified atom stereocenters. The third kappa shape index (κ3) is 4.69. The van der Waals surface area contributed by atoms with Crippen LogP contribution in [0.3, 0.4) is 0 Å². The molecule has 0 heterocycles. The second-order valence-electron chi connectivity index (χ2n) is 2.42. The van der Waals surface area contributed by atoms with Gasteiger partial charge in [0, 0.05) is 7.11 Å². The van der Waals surface area contributed by atoms with E-state index in [1.54, 1.807) is 6.92 Å². The van der Waals surface area contributed by atoms with E-state index in [4.69, 9.17) is 22.1 Å². The van der Waals surface area contributed by atoms with E-state index in [1.807, 2.05) is 0 Å². The van der Waals surface area contributed by atoms with Gasteiger partial charge in [-0.2, -0.15) is 0 Å². The van der Waals surface area contributed by atoms with Gasteiger partial charge < -0.3 is 15.3 Å². The van der Waals surface area contributed by atoms with Crippen molar-refractivity contribution in [1.82, 2.24) is 0 Å². The molecule has 0 saturated carbocycles. The summed E-state index contributed by atoms with van der Waals surface area (Å²) in [6, 6.07) is 0. The first kappa shape index (κ1) is 12.2. The summed E-state index contributed by atoms with van der Waals surface area (Å²) in [6.07, 6.45) is -0.390. The van der Waals surface area contributed by atoms with Crippen molar-refractivity contribution >= 4 is 23.4 Å². The Kier molecular flexibility index (Phi) is 5.41. The van der Waals surface area contributed by atoms with Crippen molar-refractivity contribution in [3.63, 3.8) is 0 Å². The van der Waals surface area contributed by atoms with E-state index in [0.29, 0.717) is 0 Å². The molecule has 6 heteroatoms. The lowest BCUT2D eigenvalue weighted by molar-refractivity contribution is -0.142. The maximum atomic E-state index is 10.8. The average molecular weight is 209 g/mol. The van der Waals surface area contributed by atoms with Crippen molar-refractivity contribution in [2.24, 2.45) is 10.9 Å². The number of hydrogen-bond acceptors (Lipinski definition) is 4. The minimum Gasteiger partial charge on any atom is -0.382 e. The van der Waals surface area contributed by atoms with Crippen LogP contribution in [0, 0.1) is 0 Å². The van der Waals surface area contributed by atoms with Crippen LogP contribution in [0.1, 0.15) is 13.8 Å². The van der Waals surface area contributed by atoms with Gasteiger partial charge in [0.25, 0.3) is 0 Å². The molecule has 0 aliphatic carbocycles. The number of carbonyl (C=O) groups is 1. The molecule has 0 fully saturated rings. The first-order valence-electron chi connectivity index (χ1n) is 3.70. The molecule has 0 bridgehead atoms. The van der Waals surface area contributed by atoms with E-state index in [0.717, 1.165) is 0 Å². The smallest absolute Gasteiger partial charge is 0.352 e. The number of rotatable bonds is 4. The fourth-order valence-electron chi connectivity index (χ4n) is 0.365. The van der Waals surface area contributed by atoms with Crippen LogP contribution in [0.2, 0.25) is 0 Å². The summed E-state index contributed by atoms with van der Waals surface area (Å²) in [6.45, 7) is 3.16. The van der Waals surface area contributed by atoms with Gasteiger partial charge in [-0.15, -0.1) is 11.6 Å². The number of ether oxygens (including phenoxy) is 1. The van der Waals surface area contributed by atoms with Gasteiger partial charge in [-0.1, -0.05) is 5.16 Å². The van der Waals surface area contributed by atoms with Gasteiger partial charge in [0.05, 0.1) is 0 Å². The van der Waals surface area contributed by atoms with Crippen LogP contribution in [-0.2, 0) is 14.4 Å². The fourth-order valence-corrected chi connectivity index (χ4v) is 0.405. The first-order valence-corrected chi connectivity index (χ1v) is 4.13. The molecule has 0 spiro atoms. The van der Waals surface area contributed by atoms with Crippen molar-refractivity contribution in [2.45, 2.75) is 25.3 Å². The maximum absolute atomic E-state index is 10.8. The number of carbonyl (C=O) groups excluding carboxylic acids is 1. The summed E-state index contributed by atoms with van der Waals surface area (Å²) in [4.78, 5) is 15.2. The molecule has 0 aromatic rings. The highest BCUT2D eigenvalue weighted by molar-refractivity contribution is 6.29. The Morgan fingerprint density at radius 3 is 2.46 bits per heavy atom. The Morgan fingerprint density at radius 2 is 2.08 bits per heavy atom. The predicted octanol–water partition coefficient (Wildman–Crippen LogP) is 0.464. The molecule has 0 aliphatic rings. The zero-order valence-corrected chi connectivity index (χ0v) is 8.54. The molecule has 2 N–H and O–H groups in total. The van der Waals surface area contributed by atoms with Gasteiger partial charge in [-0.3, -0.25) is 0 Å². The van der Waals surface area contributed by atoms with Crippen LogP contribution in [0.4, 0.5) is 0 Å². The van der Waals surface area contributed by atoms with E-state index in [9.17, 15) is 4.79 Å². The molecule has 76 valence electrons. The summed E-state index contributed by atoms with van der Waals surface area (Å²) in [5.41, 5.74) is 5.38. The molecular weight excluding hydrogens is 196 g/mol. The van der Waals surface area contributed by atoms with Crippen LogP contribution in [0.25, 0.3) is 0 Å². The normalized spacial score (nSPS) is 16.5. The SMILES string of the molecule is COC(C)/C(N)=N/OC(=O)C(C)Cl. The van der Waals surface area contributed by atoms with E-state index in [-0.39, 0.29) is 5.84 Å². The topological polar surface area (TPSA) is 73.9 Å². The third-order valence-corrected chi connectivity index (χ3v) is 1.51. The second-order valence-corrected chi connectivity index (χ2v) is 3.08. The molecule has 0 aromatic carbocycles. The molecule has 2 atom stereocenters. The van der Waals surface area contributed by atoms with Gasteiger partial charge in [0.1, 0.15) is 11.5 Å². The molecule has 13 heavy (non-hydrogen) atoms. The van der Waals surface area contributed by atoms with Gasteiger partial charge in [0.2, 0.25) is 0 Å². The van der Waals surface area contributed by atoms with E-state index < -0.39 is 17.5 Å². The number of nitrogens with zero attached hydrogens (tertiary/aromatic N) is 1. The molecule has 0 aliphatic heterocycles. The second kappa shape index (κ2) is 5.77. The molecule has 0 rings (SSSR count). The van der Waals surface area contributed by atoms with Crippen LogP contribution in [0.5, 0.6) is 0 Å². The maximum Gasteiger partial charge on any atom is 0.352 e. The summed E-state index contributed by atoms with van der Waals surface area (Å²) >= 11 is 5.41. The molecule has 0 aromatic heterocycles. The largest absolute Gasteiger partial charge is 0.382 e. The summed E-state index contributed by atoms with van der Waals surface area (Å²) < 4.78 is 4.82. The Balaban J connectivity index is 4.04. The van der Waals surface area contributed by atoms with Crippen LogP contribution in [-0.4, -0.2) is 30.4 Å². The Bertz CT molecular complexity index is 206. The molecule has 5 nitrogen and oxygen atoms in total. The van der Waals surface area contributed by atoms with Gasteiger partial charge >= 0.3 is 5.97 Å². The van der Waals surface area contributed by atoms with Crippen LogP contribution >= 0.6 is 11.6 Å². The van der Waals surface area contributed by atoms with Crippen molar-refractivity contribution < 1.29 is 14.4 Å². The molecule has 0 amide bonds. The number of alkyl halides is 1. The number of oxime groups is 1. The fraction of sp³-hybridized carbons (Fsp3) is 0.714. The molecule has 0 saturated heterocycles. The number of methoxy groups -OCH3 is 1. The summed E-state index contributed by atoms with van der Waals surface area (Å²) in [5.74, 6) is -0.555. The van der Waals surface area contributed by atoms with E-state index in [2.05, 4.69) is 9.99 Å². The zero-order chi connectivity index (χ0) is 10.4. The van der Waals surface area contributed by atoms with Crippen molar-refractivity contribution in [3.8, 4) is 0 Å². The Morgan fingerprint density at radius 1 is 1.54 bits per heavy atom. The zero-order valence-electron chi connectivity index (χ0n) is 7.78. The lowest BCUT2D eigenvalue weighted by atomic mass is 10.4. The predicted molar refractivity (Wildman–Crippen MR) is 49.5 cm³/mol. The van der Waals surface area contributed by atoms with E-state index >= 15 is 0 Å². The minimum absolute atomic E-state index is 0.0909.